The lowest BCUT2D eigenvalue weighted by Gasteiger charge is -2.35. The van der Waals surface area contributed by atoms with Crippen LogP contribution in [0.25, 0.3) is 0 Å². The molecule has 0 amide bonds. The van der Waals surface area contributed by atoms with Crippen molar-refractivity contribution in [1.29, 1.82) is 0 Å². The third kappa shape index (κ3) is 4.37. The summed E-state index contributed by atoms with van der Waals surface area (Å²) >= 11 is 12.2. The van der Waals surface area contributed by atoms with Gasteiger partial charge in [-0.15, -0.1) is 0 Å². The first-order valence-electron chi connectivity index (χ1n) is 8.11. The number of halogens is 2. The van der Waals surface area contributed by atoms with Gasteiger partial charge in [0.2, 0.25) is 0 Å². The first-order valence-corrected chi connectivity index (χ1v) is 8.87. The minimum Gasteiger partial charge on any atom is -0.313 e. The van der Waals surface area contributed by atoms with Crippen LogP contribution >= 0.6 is 23.2 Å². The van der Waals surface area contributed by atoms with E-state index in [9.17, 15) is 0 Å². The maximum Gasteiger partial charge on any atom is 0.0595 e. The summed E-state index contributed by atoms with van der Waals surface area (Å²) in [7, 11) is 0. The summed E-state index contributed by atoms with van der Waals surface area (Å²) in [6, 6.07) is 6.57. The molecule has 1 nitrogen and oxygen atoms in total. The van der Waals surface area contributed by atoms with Crippen LogP contribution in [-0.2, 0) is 6.42 Å². The van der Waals surface area contributed by atoms with E-state index in [1.807, 2.05) is 12.1 Å². The zero-order valence-corrected chi connectivity index (χ0v) is 14.9. The van der Waals surface area contributed by atoms with Crippen LogP contribution in [-0.4, -0.2) is 12.6 Å². The second kappa shape index (κ2) is 7.35. The van der Waals surface area contributed by atoms with Crippen LogP contribution in [0.2, 0.25) is 10.0 Å². The third-order valence-electron chi connectivity index (χ3n) is 4.92. The van der Waals surface area contributed by atoms with E-state index in [1.54, 1.807) is 0 Å². The molecule has 1 aliphatic carbocycles. The molecule has 1 N–H and O–H groups in total. The minimum absolute atomic E-state index is 0.432. The molecule has 0 aliphatic heterocycles. The Labute approximate surface area is 139 Å². The predicted molar refractivity (Wildman–Crippen MR) is 93.4 cm³/mol. The highest BCUT2D eigenvalue weighted by molar-refractivity contribution is 6.42. The average Bonchev–Trinajstić information content (AvgIpc) is 2.78. The second-order valence-electron chi connectivity index (χ2n) is 7.00. The van der Waals surface area contributed by atoms with E-state index in [1.165, 1.54) is 31.2 Å². The molecular formula is C18H27Cl2N. The fraction of sp³-hybridized carbons (Fsp3) is 0.667. The van der Waals surface area contributed by atoms with Crippen LogP contribution in [0.4, 0.5) is 0 Å². The highest BCUT2D eigenvalue weighted by Gasteiger charge is 2.39. The van der Waals surface area contributed by atoms with Crippen molar-refractivity contribution in [2.75, 3.05) is 6.54 Å². The highest BCUT2D eigenvalue weighted by atomic mass is 35.5. The van der Waals surface area contributed by atoms with Crippen LogP contribution in [0.15, 0.2) is 18.2 Å². The van der Waals surface area contributed by atoms with Gasteiger partial charge in [0, 0.05) is 6.04 Å². The van der Waals surface area contributed by atoms with Crippen LogP contribution in [0.5, 0.6) is 0 Å². The Morgan fingerprint density at radius 3 is 2.62 bits per heavy atom. The van der Waals surface area contributed by atoms with E-state index in [0.29, 0.717) is 21.5 Å². The van der Waals surface area contributed by atoms with Crippen LogP contribution in [0.1, 0.15) is 52.0 Å². The van der Waals surface area contributed by atoms with Gasteiger partial charge < -0.3 is 5.32 Å². The first-order chi connectivity index (χ1) is 9.94. The Kier molecular flexibility index (Phi) is 5.99. The Morgan fingerprint density at radius 2 is 2.05 bits per heavy atom. The van der Waals surface area contributed by atoms with Gasteiger partial charge in [0.15, 0.2) is 0 Å². The van der Waals surface area contributed by atoms with E-state index in [2.05, 4.69) is 32.2 Å². The van der Waals surface area contributed by atoms with Gasteiger partial charge in [-0.2, -0.15) is 0 Å². The Morgan fingerprint density at radius 1 is 1.29 bits per heavy atom. The van der Waals surface area contributed by atoms with Crippen molar-refractivity contribution in [2.45, 2.75) is 58.9 Å². The van der Waals surface area contributed by atoms with Crippen molar-refractivity contribution >= 4 is 23.2 Å². The molecule has 1 saturated carbocycles. The number of hydrogen-bond acceptors (Lipinski definition) is 1. The largest absolute Gasteiger partial charge is 0.313 e. The SMILES string of the molecule is CCCNC(Cc1ccc(Cl)c(Cl)c1)C1CCCC1(C)C. The molecule has 0 saturated heterocycles. The summed E-state index contributed by atoms with van der Waals surface area (Å²) in [6.45, 7) is 8.14. The maximum atomic E-state index is 6.16. The number of benzene rings is 1. The van der Waals surface area contributed by atoms with Gasteiger partial charge in [-0.1, -0.05) is 56.5 Å². The lowest BCUT2D eigenvalue weighted by molar-refractivity contribution is 0.195. The second-order valence-corrected chi connectivity index (χ2v) is 7.81. The minimum atomic E-state index is 0.432. The smallest absolute Gasteiger partial charge is 0.0595 e. The molecule has 0 aromatic heterocycles. The molecule has 2 rings (SSSR count). The van der Waals surface area contributed by atoms with Crippen molar-refractivity contribution in [1.82, 2.24) is 5.32 Å². The molecule has 1 fully saturated rings. The Balaban J connectivity index is 2.14. The van der Waals surface area contributed by atoms with Gasteiger partial charge in [0.25, 0.3) is 0 Å². The van der Waals surface area contributed by atoms with Gasteiger partial charge in [-0.05, 0) is 61.3 Å². The molecule has 0 spiro atoms. The summed E-state index contributed by atoms with van der Waals surface area (Å²) in [5.74, 6) is 0.735. The van der Waals surface area contributed by atoms with Crippen LogP contribution < -0.4 is 5.32 Å². The highest BCUT2D eigenvalue weighted by Crippen LogP contribution is 2.45. The van der Waals surface area contributed by atoms with Gasteiger partial charge in [0.05, 0.1) is 10.0 Å². The molecule has 21 heavy (non-hydrogen) atoms. The molecule has 2 atom stereocenters. The Hall–Kier alpha value is -0.240. The molecule has 3 heteroatoms. The summed E-state index contributed by atoms with van der Waals surface area (Å²) in [6.07, 6.45) is 6.22. The molecule has 0 bridgehead atoms. The molecule has 1 aromatic carbocycles. The van der Waals surface area contributed by atoms with Crippen molar-refractivity contribution in [2.24, 2.45) is 11.3 Å². The quantitative estimate of drug-likeness (QED) is 0.703. The lowest BCUT2D eigenvalue weighted by atomic mass is 9.76. The Bertz CT molecular complexity index is 470. The van der Waals surface area contributed by atoms with E-state index < -0.39 is 0 Å². The van der Waals surface area contributed by atoms with E-state index in [-0.39, 0.29) is 0 Å². The van der Waals surface area contributed by atoms with Crippen LogP contribution in [0, 0.1) is 11.3 Å². The maximum absolute atomic E-state index is 6.16. The van der Waals surface area contributed by atoms with Crippen molar-refractivity contribution < 1.29 is 0 Å². The topological polar surface area (TPSA) is 12.0 Å². The predicted octanol–water partition coefficient (Wildman–Crippen LogP) is 5.73. The molecule has 118 valence electrons. The van der Waals surface area contributed by atoms with Crippen molar-refractivity contribution in [3.8, 4) is 0 Å². The number of nitrogens with one attached hydrogen (secondary N) is 1. The van der Waals surface area contributed by atoms with Gasteiger partial charge >= 0.3 is 0 Å². The molecule has 1 aliphatic rings. The average molecular weight is 328 g/mol. The summed E-state index contributed by atoms with van der Waals surface area (Å²) in [5.41, 5.74) is 1.71. The summed E-state index contributed by atoms with van der Waals surface area (Å²) < 4.78 is 0. The third-order valence-corrected chi connectivity index (χ3v) is 5.66. The van der Waals surface area contributed by atoms with Gasteiger partial charge in [0.1, 0.15) is 0 Å². The van der Waals surface area contributed by atoms with E-state index in [4.69, 9.17) is 23.2 Å². The van der Waals surface area contributed by atoms with Gasteiger partial charge in [-0.3, -0.25) is 0 Å². The molecule has 0 radical (unpaired) electrons. The van der Waals surface area contributed by atoms with E-state index >= 15 is 0 Å². The molecule has 1 aromatic rings. The first kappa shape index (κ1) is 17.1. The molecular weight excluding hydrogens is 301 g/mol. The summed E-state index contributed by atoms with van der Waals surface area (Å²) in [4.78, 5) is 0. The van der Waals surface area contributed by atoms with Crippen molar-refractivity contribution in [3.05, 3.63) is 33.8 Å². The van der Waals surface area contributed by atoms with Crippen molar-refractivity contribution in [3.63, 3.8) is 0 Å². The zero-order chi connectivity index (χ0) is 15.5. The normalized spacial score (nSPS) is 22.4. The lowest BCUT2D eigenvalue weighted by Crippen LogP contribution is -2.42. The fourth-order valence-electron chi connectivity index (χ4n) is 3.71. The van der Waals surface area contributed by atoms with E-state index in [0.717, 1.165) is 18.9 Å². The zero-order valence-electron chi connectivity index (χ0n) is 13.4. The standard InChI is InChI=1S/C18H27Cl2N/c1-4-10-21-17(14-6-5-9-18(14,2)3)12-13-7-8-15(19)16(20)11-13/h7-8,11,14,17,21H,4-6,9-10,12H2,1-3H3. The van der Waals surface area contributed by atoms with Gasteiger partial charge in [-0.25, -0.2) is 0 Å². The molecule has 2 unspecified atom stereocenters. The molecule has 0 heterocycles. The number of hydrogen-bond donors (Lipinski definition) is 1. The summed E-state index contributed by atoms with van der Waals surface area (Å²) in [5, 5.41) is 5.07. The monoisotopic (exact) mass is 327 g/mol. The number of rotatable bonds is 6. The fourth-order valence-corrected chi connectivity index (χ4v) is 4.03. The van der Waals surface area contributed by atoms with Crippen LogP contribution in [0.3, 0.4) is 0 Å².